The van der Waals surface area contributed by atoms with Crippen LogP contribution < -0.4 is 10.1 Å². The molecular formula is C12H17NO2. The highest BCUT2D eigenvalue weighted by molar-refractivity contribution is 5.41. The number of benzene rings is 1. The molecule has 0 fully saturated rings. The highest BCUT2D eigenvalue weighted by atomic mass is 16.5. The summed E-state index contributed by atoms with van der Waals surface area (Å²) < 4.78 is 10.7. The van der Waals surface area contributed by atoms with Gasteiger partial charge in [0.15, 0.2) is 0 Å². The van der Waals surface area contributed by atoms with Crippen molar-refractivity contribution in [2.75, 3.05) is 26.9 Å². The van der Waals surface area contributed by atoms with Crippen LogP contribution in [0.3, 0.4) is 0 Å². The molecule has 1 aromatic carbocycles. The van der Waals surface area contributed by atoms with E-state index in [1.54, 1.807) is 7.11 Å². The van der Waals surface area contributed by atoms with Crippen LogP contribution in [0.5, 0.6) is 5.75 Å². The fourth-order valence-corrected chi connectivity index (χ4v) is 1.87. The first-order valence-electron chi connectivity index (χ1n) is 5.35. The van der Waals surface area contributed by atoms with E-state index < -0.39 is 0 Å². The summed E-state index contributed by atoms with van der Waals surface area (Å²) in [6.07, 6.45) is 1.05. The summed E-state index contributed by atoms with van der Waals surface area (Å²) in [6, 6.07) is 6.25. The molecule has 15 heavy (non-hydrogen) atoms. The van der Waals surface area contributed by atoms with E-state index in [0.717, 1.165) is 25.3 Å². The maximum absolute atomic E-state index is 5.69. The van der Waals surface area contributed by atoms with Crippen LogP contribution in [0, 0.1) is 0 Å². The zero-order valence-electron chi connectivity index (χ0n) is 9.08. The Morgan fingerprint density at radius 3 is 3.13 bits per heavy atom. The first-order valence-corrected chi connectivity index (χ1v) is 5.35. The van der Waals surface area contributed by atoms with E-state index in [-0.39, 0.29) is 0 Å². The number of methoxy groups -OCH3 is 1. The van der Waals surface area contributed by atoms with Crippen molar-refractivity contribution in [2.45, 2.75) is 13.0 Å². The van der Waals surface area contributed by atoms with Crippen molar-refractivity contribution in [2.24, 2.45) is 0 Å². The zero-order chi connectivity index (χ0) is 10.5. The number of nitrogens with one attached hydrogen (secondary N) is 1. The van der Waals surface area contributed by atoms with Crippen molar-refractivity contribution in [1.82, 2.24) is 5.32 Å². The Balaban J connectivity index is 2.09. The third-order valence-corrected chi connectivity index (χ3v) is 2.64. The third kappa shape index (κ3) is 2.49. The van der Waals surface area contributed by atoms with Crippen LogP contribution in [0.15, 0.2) is 18.2 Å². The first-order chi connectivity index (χ1) is 7.42. The molecule has 3 heteroatoms. The molecule has 0 atom stereocenters. The number of hydrogen-bond acceptors (Lipinski definition) is 3. The van der Waals surface area contributed by atoms with Gasteiger partial charge in [0.2, 0.25) is 0 Å². The second-order valence-corrected chi connectivity index (χ2v) is 3.66. The van der Waals surface area contributed by atoms with Gasteiger partial charge in [0, 0.05) is 13.7 Å². The van der Waals surface area contributed by atoms with E-state index in [2.05, 4.69) is 11.4 Å². The highest BCUT2D eigenvalue weighted by Gasteiger charge is 2.12. The fourth-order valence-electron chi connectivity index (χ4n) is 1.87. The summed E-state index contributed by atoms with van der Waals surface area (Å²) in [4.78, 5) is 0. The molecule has 0 saturated heterocycles. The number of hydrogen-bond donors (Lipinski definition) is 1. The van der Waals surface area contributed by atoms with E-state index in [0.29, 0.717) is 13.2 Å². The Morgan fingerprint density at radius 2 is 2.27 bits per heavy atom. The van der Waals surface area contributed by atoms with E-state index in [9.17, 15) is 0 Å². The summed E-state index contributed by atoms with van der Waals surface area (Å²) in [6.45, 7) is 3.26. The van der Waals surface area contributed by atoms with Crippen molar-refractivity contribution in [3.05, 3.63) is 29.3 Å². The van der Waals surface area contributed by atoms with Crippen LogP contribution in [0.4, 0.5) is 0 Å². The van der Waals surface area contributed by atoms with Crippen LogP contribution in [0.25, 0.3) is 0 Å². The smallest absolute Gasteiger partial charge is 0.122 e. The van der Waals surface area contributed by atoms with Crippen molar-refractivity contribution in [3.8, 4) is 5.75 Å². The van der Waals surface area contributed by atoms with Gasteiger partial charge in [-0.2, -0.15) is 0 Å². The maximum Gasteiger partial charge on any atom is 0.122 e. The Labute approximate surface area is 90.4 Å². The zero-order valence-corrected chi connectivity index (χ0v) is 9.08. The molecule has 1 aromatic rings. The van der Waals surface area contributed by atoms with Gasteiger partial charge in [0.25, 0.3) is 0 Å². The molecule has 1 aliphatic rings. The van der Waals surface area contributed by atoms with Crippen LogP contribution >= 0.6 is 0 Å². The number of ether oxygens (including phenoxy) is 2. The molecule has 0 unspecified atom stereocenters. The van der Waals surface area contributed by atoms with Crippen molar-refractivity contribution >= 4 is 0 Å². The fraction of sp³-hybridized carbons (Fsp3) is 0.500. The predicted molar refractivity (Wildman–Crippen MR) is 59.2 cm³/mol. The van der Waals surface area contributed by atoms with Gasteiger partial charge in [0.05, 0.1) is 6.61 Å². The first kappa shape index (κ1) is 10.5. The minimum Gasteiger partial charge on any atom is -0.491 e. The third-order valence-electron chi connectivity index (χ3n) is 2.64. The molecule has 3 nitrogen and oxygen atoms in total. The average molecular weight is 207 g/mol. The second-order valence-electron chi connectivity index (χ2n) is 3.66. The molecule has 1 heterocycles. The summed E-state index contributed by atoms with van der Waals surface area (Å²) in [5.74, 6) is 1.02. The van der Waals surface area contributed by atoms with Gasteiger partial charge in [0.1, 0.15) is 12.4 Å². The Morgan fingerprint density at radius 1 is 1.33 bits per heavy atom. The summed E-state index contributed by atoms with van der Waals surface area (Å²) in [7, 11) is 1.69. The largest absolute Gasteiger partial charge is 0.491 e. The predicted octanol–water partition coefficient (Wildman–Crippen LogP) is 1.36. The van der Waals surface area contributed by atoms with Crippen LogP contribution in [0.1, 0.15) is 11.1 Å². The standard InChI is InChI=1S/C12H17NO2/c1-14-7-8-15-12-4-2-3-10-9-13-6-5-11(10)12/h2-4,13H,5-9H2,1H3. The molecule has 0 aliphatic carbocycles. The molecule has 0 saturated carbocycles. The SMILES string of the molecule is COCCOc1cccc2c1CCNC2. The summed E-state index contributed by atoms with van der Waals surface area (Å²) in [5, 5.41) is 3.36. The van der Waals surface area contributed by atoms with Gasteiger partial charge in [-0.25, -0.2) is 0 Å². The molecule has 1 aliphatic heterocycles. The lowest BCUT2D eigenvalue weighted by molar-refractivity contribution is 0.145. The molecule has 0 spiro atoms. The van der Waals surface area contributed by atoms with E-state index in [4.69, 9.17) is 9.47 Å². The van der Waals surface area contributed by atoms with Gasteiger partial charge in [-0.1, -0.05) is 12.1 Å². The molecule has 2 rings (SSSR count). The Bertz CT molecular complexity index is 325. The van der Waals surface area contributed by atoms with Gasteiger partial charge in [-0.15, -0.1) is 0 Å². The van der Waals surface area contributed by atoms with Gasteiger partial charge < -0.3 is 14.8 Å². The van der Waals surface area contributed by atoms with E-state index in [1.165, 1.54) is 11.1 Å². The second kappa shape index (κ2) is 5.14. The van der Waals surface area contributed by atoms with Crippen LogP contribution in [-0.2, 0) is 17.7 Å². The maximum atomic E-state index is 5.69. The number of fused-ring (bicyclic) bond motifs is 1. The average Bonchev–Trinajstić information content (AvgIpc) is 2.30. The topological polar surface area (TPSA) is 30.5 Å². The highest BCUT2D eigenvalue weighted by Crippen LogP contribution is 2.24. The van der Waals surface area contributed by atoms with Gasteiger partial charge in [-0.3, -0.25) is 0 Å². The monoisotopic (exact) mass is 207 g/mol. The van der Waals surface area contributed by atoms with Crippen LogP contribution in [-0.4, -0.2) is 26.9 Å². The number of rotatable bonds is 4. The van der Waals surface area contributed by atoms with Crippen molar-refractivity contribution < 1.29 is 9.47 Å². The normalized spacial score (nSPS) is 14.7. The quantitative estimate of drug-likeness (QED) is 0.756. The molecule has 0 radical (unpaired) electrons. The molecule has 0 bridgehead atoms. The summed E-state index contributed by atoms with van der Waals surface area (Å²) >= 11 is 0. The minimum absolute atomic E-state index is 0.625. The molecule has 82 valence electrons. The molecule has 0 amide bonds. The van der Waals surface area contributed by atoms with E-state index >= 15 is 0 Å². The Kier molecular flexibility index (Phi) is 3.59. The van der Waals surface area contributed by atoms with Gasteiger partial charge in [-0.05, 0) is 30.2 Å². The minimum atomic E-state index is 0.625. The lowest BCUT2D eigenvalue weighted by Gasteiger charge is -2.20. The van der Waals surface area contributed by atoms with Gasteiger partial charge >= 0.3 is 0 Å². The molecule has 1 N–H and O–H groups in total. The summed E-state index contributed by atoms with van der Waals surface area (Å²) in [5.41, 5.74) is 2.71. The molecular weight excluding hydrogens is 190 g/mol. The van der Waals surface area contributed by atoms with Crippen molar-refractivity contribution in [3.63, 3.8) is 0 Å². The van der Waals surface area contributed by atoms with Crippen molar-refractivity contribution in [1.29, 1.82) is 0 Å². The van der Waals surface area contributed by atoms with Crippen LogP contribution in [0.2, 0.25) is 0 Å². The molecule has 0 aromatic heterocycles. The lowest BCUT2D eigenvalue weighted by Crippen LogP contribution is -2.24. The van der Waals surface area contributed by atoms with E-state index in [1.807, 2.05) is 12.1 Å². The lowest BCUT2D eigenvalue weighted by atomic mass is 10.0. The Hall–Kier alpha value is -1.06.